The van der Waals surface area contributed by atoms with Crippen LogP contribution in [0.2, 0.25) is 0 Å². The first-order chi connectivity index (χ1) is 7.70. The summed E-state index contributed by atoms with van der Waals surface area (Å²) in [5, 5.41) is 12.3. The zero-order valence-corrected chi connectivity index (χ0v) is 9.75. The predicted octanol–water partition coefficient (Wildman–Crippen LogP) is 2.64. The molecule has 3 heteroatoms. The first-order valence-electron chi connectivity index (χ1n) is 5.84. The van der Waals surface area contributed by atoms with Crippen LogP contribution in [0.3, 0.4) is 0 Å². The van der Waals surface area contributed by atoms with Gasteiger partial charge in [-0.1, -0.05) is 18.6 Å². The van der Waals surface area contributed by atoms with Gasteiger partial charge in [0.2, 0.25) is 0 Å². The molecule has 16 heavy (non-hydrogen) atoms. The highest BCUT2D eigenvalue weighted by Crippen LogP contribution is 2.11. The number of aliphatic hydroxyl groups excluding tert-OH is 1. The highest BCUT2D eigenvalue weighted by molar-refractivity contribution is 5.17. The normalized spacial score (nSPS) is 17.2. The van der Waals surface area contributed by atoms with Gasteiger partial charge in [0, 0.05) is 0 Å². The van der Waals surface area contributed by atoms with E-state index in [1.54, 1.807) is 19.1 Å². The molecule has 1 fully saturated rings. The van der Waals surface area contributed by atoms with E-state index in [2.05, 4.69) is 5.32 Å². The van der Waals surface area contributed by atoms with Gasteiger partial charge in [-0.3, -0.25) is 0 Å². The van der Waals surface area contributed by atoms with Crippen LogP contribution in [0.1, 0.15) is 37.9 Å². The molecule has 1 saturated heterocycles. The summed E-state index contributed by atoms with van der Waals surface area (Å²) in [6.07, 6.45) is 3.70. The Labute approximate surface area is 96.5 Å². The third-order valence-corrected chi connectivity index (χ3v) is 2.56. The maximum atomic E-state index is 12.3. The molecule has 1 atom stereocenters. The number of hydrogen-bond acceptors (Lipinski definition) is 2. The molecule has 0 aliphatic carbocycles. The van der Waals surface area contributed by atoms with E-state index in [1.807, 2.05) is 0 Å². The standard InChI is InChI=1S/C8H9FO.C5H11N/c1-6(10)7-2-4-8(9)5-3-7;1-2-4-6-5-3-1/h2-6,10H,1H3;6H,1-5H2. The van der Waals surface area contributed by atoms with Gasteiger partial charge in [0.25, 0.3) is 0 Å². The molecule has 0 bridgehead atoms. The molecule has 0 radical (unpaired) electrons. The van der Waals surface area contributed by atoms with E-state index in [0.717, 1.165) is 5.56 Å². The minimum absolute atomic E-state index is 0.274. The molecule has 1 aliphatic heterocycles. The molecule has 2 rings (SSSR count). The molecule has 90 valence electrons. The van der Waals surface area contributed by atoms with E-state index in [4.69, 9.17) is 5.11 Å². The fourth-order valence-corrected chi connectivity index (χ4v) is 1.54. The van der Waals surface area contributed by atoms with Crippen molar-refractivity contribution in [2.45, 2.75) is 32.3 Å². The average molecular weight is 225 g/mol. The van der Waals surface area contributed by atoms with Gasteiger partial charge in [0.15, 0.2) is 0 Å². The lowest BCUT2D eigenvalue weighted by Gasteiger charge is -2.08. The van der Waals surface area contributed by atoms with Gasteiger partial charge in [-0.25, -0.2) is 4.39 Å². The zero-order valence-electron chi connectivity index (χ0n) is 9.75. The summed E-state index contributed by atoms with van der Waals surface area (Å²) in [6, 6.07) is 5.81. The van der Waals surface area contributed by atoms with Crippen LogP contribution in [0, 0.1) is 5.82 Å². The van der Waals surface area contributed by atoms with Gasteiger partial charge >= 0.3 is 0 Å². The van der Waals surface area contributed by atoms with E-state index in [1.165, 1.54) is 44.5 Å². The van der Waals surface area contributed by atoms with Crippen molar-refractivity contribution >= 4 is 0 Å². The Bertz CT molecular complexity index is 269. The Morgan fingerprint density at radius 1 is 1.12 bits per heavy atom. The first kappa shape index (κ1) is 13.1. The summed E-state index contributed by atoms with van der Waals surface area (Å²) in [7, 11) is 0. The molecule has 0 amide bonds. The van der Waals surface area contributed by atoms with Crippen LogP contribution in [-0.2, 0) is 0 Å². The van der Waals surface area contributed by atoms with Crippen molar-refractivity contribution in [2.75, 3.05) is 13.1 Å². The van der Waals surface area contributed by atoms with Crippen LogP contribution < -0.4 is 5.32 Å². The summed E-state index contributed by atoms with van der Waals surface area (Å²) in [5.41, 5.74) is 0.737. The van der Waals surface area contributed by atoms with Gasteiger partial charge in [0.1, 0.15) is 5.82 Å². The van der Waals surface area contributed by atoms with Crippen molar-refractivity contribution in [3.63, 3.8) is 0 Å². The van der Waals surface area contributed by atoms with Crippen LogP contribution in [0.4, 0.5) is 4.39 Å². The zero-order chi connectivity index (χ0) is 11.8. The third kappa shape index (κ3) is 5.24. The molecule has 1 heterocycles. The quantitative estimate of drug-likeness (QED) is 0.770. The van der Waals surface area contributed by atoms with Crippen LogP contribution in [0.15, 0.2) is 24.3 Å². The molecule has 0 spiro atoms. The molecule has 1 unspecified atom stereocenters. The fourth-order valence-electron chi connectivity index (χ4n) is 1.54. The number of halogens is 1. The highest BCUT2D eigenvalue weighted by atomic mass is 19.1. The SMILES string of the molecule is C1CCNCC1.CC(O)c1ccc(F)cc1. The molecular formula is C13H20FNO. The summed E-state index contributed by atoms with van der Waals surface area (Å²) >= 11 is 0. The lowest BCUT2D eigenvalue weighted by molar-refractivity contribution is 0.199. The lowest BCUT2D eigenvalue weighted by Crippen LogP contribution is -2.21. The van der Waals surface area contributed by atoms with E-state index in [0.29, 0.717) is 0 Å². The molecule has 0 aromatic heterocycles. The monoisotopic (exact) mass is 225 g/mol. The predicted molar refractivity (Wildman–Crippen MR) is 63.8 cm³/mol. The fraction of sp³-hybridized carbons (Fsp3) is 0.538. The molecular weight excluding hydrogens is 205 g/mol. The van der Waals surface area contributed by atoms with Crippen LogP contribution in [0.5, 0.6) is 0 Å². The number of benzene rings is 1. The Morgan fingerprint density at radius 2 is 1.69 bits per heavy atom. The second-order valence-electron chi connectivity index (χ2n) is 4.04. The lowest BCUT2D eigenvalue weighted by atomic mass is 10.1. The number of hydrogen-bond donors (Lipinski definition) is 2. The van der Waals surface area contributed by atoms with Crippen molar-refractivity contribution in [2.24, 2.45) is 0 Å². The third-order valence-electron chi connectivity index (χ3n) is 2.56. The topological polar surface area (TPSA) is 32.3 Å². The number of nitrogens with one attached hydrogen (secondary N) is 1. The minimum Gasteiger partial charge on any atom is -0.389 e. The van der Waals surface area contributed by atoms with Crippen LogP contribution in [-0.4, -0.2) is 18.2 Å². The second-order valence-corrected chi connectivity index (χ2v) is 4.04. The van der Waals surface area contributed by atoms with Gasteiger partial charge in [-0.05, 0) is 50.6 Å². The first-order valence-corrected chi connectivity index (χ1v) is 5.84. The summed E-state index contributed by atoms with van der Waals surface area (Å²) in [4.78, 5) is 0. The number of aliphatic hydroxyl groups is 1. The molecule has 1 aliphatic rings. The van der Waals surface area contributed by atoms with Crippen LogP contribution >= 0.6 is 0 Å². The molecule has 0 saturated carbocycles. The summed E-state index contributed by atoms with van der Waals surface area (Å²) in [6.45, 7) is 4.15. The van der Waals surface area contributed by atoms with Gasteiger partial charge in [-0.15, -0.1) is 0 Å². The molecule has 1 aromatic carbocycles. The van der Waals surface area contributed by atoms with E-state index < -0.39 is 6.10 Å². The molecule has 1 aromatic rings. The Balaban J connectivity index is 0.000000181. The van der Waals surface area contributed by atoms with Crippen molar-refractivity contribution in [3.8, 4) is 0 Å². The smallest absolute Gasteiger partial charge is 0.123 e. The Morgan fingerprint density at radius 3 is 2.00 bits per heavy atom. The van der Waals surface area contributed by atoms with Crippen molar-refractivity contribution in [1.82, 2.24) is 5.32 Å². The van der Waals surface area contributed by atoms with E-state index in [9.17, 15) is 4.39 Å². The Kier molecular flexibility index (Phi) is 6.04. The van der Waals surface area contributed by atoms with Gasteiger partial charge < -0.3 is 10.4 Å². The van der Waals surface area contributed by atoms with Gasteiger partial charge in [-0.2, -0.15) is 0 Å². The number of rotatable bonds is 1. The Hall–Kier alpha value is -0.930. The maximum Gasteiger partial charge on any atom is 0.123 e. The van der Waals surface area contributed by atoms with Crippen LogP contribution in [0.25, 0.3) is 0 Å². The van der Waals surface area contributed by atoms with Crippen molar-refractivity contribution < 1.29 is 9.50 Å². The van der Waals surface area contributed by atoms with E-state index in [-0.39, 0.29) is 5.82 Å². The highest BCUT2D eigenvalue weighted by Gasteiger charge is 1.98. The maximum absolute atomic E-state index is 12.3. The summed E-state index contributed by atoms with van der Waals surface area (Å²) in [5.74, 6) is -0.274. The van der Waals surface area contributed by atoms with Gasteiger partial charge in [0.05, 0.1) is 6.10 Å². The van der Waals surface area contributed by atoms with Crippen molar-refractivity contribution in [3.05, 3.63) is 35.6 Å². The molecule has 2 N–H and O–H groups in total. The largest absolute Gasteiger partial charge is 0.389 e. The second kappa shape index (κ2) is 7.36. The summed E-state index contributed by atoms with van der Waals surface area (Å²) < 4.78 is 12.3. The average Bonchev–Trinajstić information content (AvgIpc) is 2.32. The van der Waals surface area contributed by atoms with Crippen molar-refractivity contribution in [1.29, 1.82) is 0 Å². The number of piperidine rings is 1. The molecule has 2 nitrogen and oxygen atoms in total. The van der Waals surface area contributed by atoms with E-state index >= 15 is 0 Å². The minimum atomic E-state index is -0.513.